The molecule has 1 aromatic carbocycles. The van der Waals surface area contributed by atoms with Crippen LogP contribution in [-0.4, -0.2) is 97.3 Å². The van der Waals surface area contributed by atoms with E-state index < -0.39 is 22.7 Å². The summed E-state index contributed by atoms with van der Waals surface area (Å²) in [5.74, 6) is -1.19. The first-order valence-electron chi connectivity index (χ1n) is 14.0. The average Bonchev–Trinajstić information content (AvgIpc) is 3.26. The minimum atomic E-state index is -4.03. The van der Waals surface area contributed by atoms with E-state index >= 15 is 0 Å². The fourth-order valence-electron chi connectivity index (χ4n) is 5.77. The van der Waals surface area contributed by atoms with Gasteiger partial charge >= 0.3 is 16.2 Å². The summed E-state index contributed by atoms with van der Waals surface area (Å²) < 4.78 is 43.7. The molecule has 5 rings (SSSR count). The third-order valence-corrected chi connectivity index (χ3v) is 9.24. The number of carboxylic acid groups (broad SMARTS) is 1. The van der Waals surface area contributed by atoms with Gasteiger partial charge in [0.05, 0.1) is 16.9 Å². The first kappa shape index (κ1) is 31.4. The molecule has 0 saturated carbocycles. The molecule has 0 spiro atoms. The van der Waals surface area contributed by atoms with Crippen molar-refractivity contribution in [2.45, 2.75) is 44.8 Å². The Morgan fingerprint density at radius 1 is 1.21 bits per heavy atom. The fourth-order valence-corrected chi connectivity index (χ4v) is 7.04. The Bertz CT molecular complexity index is 1530. The van der Waals surface area contributed by atoms with Crippen LogP contribution in [0, 0.1) is 5.82 Å². The van der Waals surface area contributed by atoms with E-state index in [1.807, 2.05) is 0 Å². The normalized spacial score (nSPS) is 22.4. The number of hydrogen-bond donors (Lipinski definition) is 3. The van der Waals surface area contributed by atoms with Crippen LogP contribution in [0.3, 0.4) is 0 Å². The largest absolute Gasteiger partial charge is 0.480 e. The number of piperidine rings is 1. The molecular formula is C27H33Cl2FN8O4S. The monoisotopic (exact) mass is 654 g/mol. The van der Waals surface area contributed by atoms with Crippen molar-refractivity contribution in [1.82, 2.24) is 19.5 Å². The summed E-state index contributed by atoms with van der Waals surface area (Å²) in [6, 6.07) is 7.24. The van der Waals surface area contributed by atoms with Gasteiger partial charge in [0.2, 0.25) is 0 Å². The number of piperazine rings is 1. The van der Waals surface area contributed by atoms with Crippen molar-refractivity contribution in [1.29, 1.82) is 0 Å². The Kier molecular flexibility index (Phi) is 9.71. The summed E-state index contributed by atoms with van der Waals surface area (Å²) in [5.41, 5.74) is 1.04. The number of benzene rings is 1. The van der Waals surface area contributed by atoms with Crippen molar-refractivity contribution in [3.05, 3.63) is 51.9 Å². The van der Waals surface area contributed by atoms with Crippen LogP contribution in [0.2, 0.25) is 10.0 Å². The predicted octanol–water partition coefficient (Wildman–Crippen LogP) is 3.23. The summed E-state index contributed by atoms with van der Waals surface area (Å²) in [5, 5.41) is 12.5. The second-order valence-electron chi connectivity index (χ2n) is 10.7. The molecule has 4 heterocycles. The molecular weight excluding hydrogens is 622 g/mol. The summed E-state index contributed by atoms with van der Waals surface area (Å²) >= 11 is 12.5. The summed E-state index contributed by atoms with van der Waals surface area (Å²) in [7, 11) is -4.03. The topological polar surface area (TPSA) is 143 Å². The minimum Gasteiger partial charge on any atom is -0.480 e. The number of pyridine rings is 1. The van der Waals surface area contributed by atoms with E-state index in [2.05, 4.69) is 46.0 Å². The Balaban J connectivity index is 1.19. The number of likely N-dealkylation sites (tertiary alicyclic amines) is 1. The SMILES string of the molecule is CC[C@H]1CN(c2ncc(NC3=NS(=O)(=O)NC3=NCC(=O)O)cc2Cl)CCN1C1CCN(Cc2ccc(Cl)cc2F)CC1. The van der Waals surface area contributed by atoms with Gasteiger partial charge in [0.15, 0.2) is 11.7 Å². The third kappa shape index (κ3) is 7.73. The molecule has 0 radical (unpaired) electrons. The van der Waals surface area contributed by atoms with Crippen molar-refractivity contribution < 1.29 is 22.7 Å². The molecule has 0 aliphatic carbocycles. The van der Waals surface area contributed by atoms with Crippen LogP contribution in [-0.2, 0) is 21.5 Å². The molecule has 3 aliphatic heterocycles. The molecule has 2 fully saturated rings. The van der Waals surface area contributed by atoms with Crippen molar-refractivity contribution in [2.75, 3.05) is 49.5 Å². The lowest BCUT2D eigenvalue weighted by Crippen LogP contribution is -2.58. The molecule has 1 aromatic heterocycles. The number of anilines is 2. The Morgan fingerprint density at radius 3 is 2.65 bits per heavy atom. The first-order chi connectivity index (χ1) is 20.5. The molecule has 0 amide bonds. The Labute approximate surface area is 259 Å². The lowest BCUT2D eigenvalue weighted by molar-refractivity contribution is -0.135. The molecule has 2 aromatic rings. The number of nitrogens with one attached hydrogen (secondary N) is 2. The molecule has 1 atom stereocenters. The number of nitrogens with zero attached hydrogens (tertiary/aromatic N) is 6. The standard InChI is InChI=1S/C27H33Cl2FN8O4S/c1-2-20-16-37(9-10-38(20)21-5-7-36(8-6-21)15-17-3-4-18(28)11-23(17)30)27-22(29)12-19(13-32-27)33-26-25(31-14-24(39)40)34-43(41,42)35-26/h3-4,11-13,20-21H,2,5-10,14-16H2,1H3,(H,31,34)(H,33,35)(H,39,40)/t20-/m0/s1. The highest BCUT2D eigenvalue weighted by Gasteiger charge is 2.34. The van der Waals surface area contributed by atoms with E-state index in [1.54, 1.807) is 18.2 Å². The fraction of sp³-hybridized carbons (Fsp3) is 0.481. The van der Waals surface area contributed by atoms with E-state index in [-0.39, 0.29) is 17.5 Å². The van der Waals surface area contributed by atoms with Gasteiger partial charge < -0.3 is 15.3 Å². The number of carbonyl (C=O) groups is 1. The number of hydrogen-bond acceptors (Lipinski definition) is 9. The van der Waals surface area contributed by atoms with Crippen LogP contribution in [0.15, 0.2) is 39.9 Å². The van der Waals surface area contributed by atoms with Crippen LogP contribution in [0.1, 0.15) is 31.7 Å². The summed E-state index contributed by atoms with van der Waals surface area (Å²) in [4.78, 5) is 26.2. The lowest BCUT2D eigenvalue weighted by atomic mass is 9.97. The van der Waals surface area contributed by atoms with Crippen LogP contribution in [0.5, 0.6) is 0 Å². The molecule has 0 unspecified atom stereocenters. The van der Waals surface area contributed by atoms with Crippen LogP contribution in [0.25, 0.3) is 0 Å². The number of rotatable bonds is 8. The third-order valence-electron chi connectivity index (χ3n) is 7.85. The number of carboxylic acids is 1. The maximum Gasteiger partial charge on any atom is 0.345 e. The molecule has 3 N–H and O–H groups in total. The van der Waals surface area contributed by atoms with Gasteiger partial charge in [-0.2, -0.15) is 8.42 Å². The van der Waals surface area contributed by atoms with Gasteiger partial charge in [-0.15, -0.1) is 4.40 Å². The highest BCUT2D eigenvalue weighted by Crippen LogP contribution is 2.31. The summed E-state index contributed by atoms with van der Waals surface area (Å²) in [6.45, 7) is 6.29. The van der Waals surface area contributed by atoms with Gasteiger partial charge in [0.25, 0.3) is 0 Å². The zero-order valence-corrected chi connectivity index (χ0v) is 25.8. The highest BCUT2D eigenvalue weighted by molar-refractivity contribution is 7.89. The van der Waals surface area contributed by atoms with Gasteiger partial charge in [-0.1, -0.05) is 36.2 Å². The number of halogens is 3. The number of aliphatic imine (C=N–C) groups is 1. The molecule has 3 aliphatic rings. The molecule has 43 heavy (non-hydrogen) atoms. The van der Waals surface area contributed by atoms with Crippen LogP contribution < -0.4 is 14.9 Å². The maximum atomic E-state index is 14.3. The second-order valence-corrected chi connectivity index (χ2v) is 12.9. The predicted molar refractivity (Wildman–Crippen MR) is 165 cm³/mol. The average molecular weight is 656 g/mol. The zero-order chi connectivity index (χ0) is 30.7. The van der Waals surface area contributed by atoms with E-state index in [1.165, 1.54) is 12.3 Å². The highest BCUT2D eigenvalue weighted by atomic mass is 35.5. The quantitative estimate of drug-likeness (QED) is 0.391. The van der Waals surface area contributed by atoms with E-state index in [9.17, 15) is 17.6 Å². The van der Waals surface area contributed by atoms with Crippen LogP contribution >= 0.6 is 23.2 Å². The lowest BCUT2D eigenvalue weighted by Gasteiger charge is -2.47. The second kappa shape index (κ2) is 13.3. The van der Waals surface area contributed by atoms with Crippen molar-refractivity contribution in [2.24, 2.45) is 9.39 Å². The molecule has 16 heteroatoms. The Hall–Kier alpha value is -3.04. The molecule has 232 valence electrons. The molecule has 0 bridgehead atoms. The van der Waals surface area contributed by atoms with Crippen molar-refractivity contribution in [3.8, 4) is 0 Å². The minimum absolute atomic E-state index is 0.143. The maximum absolute atomic E-state index is 14.3. The number of aliphatic carboxylic acids is 1. The summed E-state index contributed by atoms with van der Waals surface area (Å²) in [6.07, 6.45) is 4.51. The van der Waals surface area contributed by atoms with E-state index in [0.29, 0.717) is 45.7 Å². The first-order valence-corrected chi connectivity index (χ1v) is 16.2. The van der Waals surface area contributed by atoms with Gasteiger partial charge in [-0.05, 0) is 50.6 Å². The van der Waals surface area contributed by atoms with Gasteiger partial charge in [0, 0.05) is 48.8 Å². The van der Waals surface area contributed by atoms with Gasteiger partial charge in [0.1, 0.15) is 18.2 Å². The van der Waals surface area contributed by atoms with Crippen LogP contribution in [0.4, 0.5) is 15.9 Å². The molecule has 12 nitrogen and oxygen atoms in total. The number of aromatic nitrogens is 1. The Morgan fingerprint density at radius 2 is 1.98 bits per heavy atom. The zero-order valence-electron chi connectivity index (χ0n) is 23.5. The smallest absolute Gasteiger partial charge is 0.345 e. The van der Waals surface area contributed by atoms with Gasteiger partial charge in [-0.3, -0.25) is 19.6 Å². The van der Waals surface area contributed by atoms with E-state index in [0.717, 1.165) is 52.0 Å². The van der Waals surface area contributed by atoms with Crippen molar-refractivity contribution >= 4 is 62.6 Å². The number of amidine groups is 2. The van der Waals surface area contributed by atoms with Gasteiger partial charge in [-0.25, -0.2) is 14.1 Å². The molecule has 2 saturated heterocycles. The van der Waals surface area contributed by atoms with E-state index in [4.69, 9.17) is 28.3 Å². The van der Waals surface area contributed by atoms with Crippen molar-refractivity contribution in [3.63, 3.8) is 0 Å².